The summed E-state index contributed by atoms with van der Waals surface area (Å²) in [6, 6.07) is 15.7. The van der Waals surface area contributed by atoms with Crippen LogP contribution in [0.3, 0.4) is 0 Å². The summed E-state index contributed by atoms with van der Waals surface area (Å²) in [5.74, 6) is -0.261. The molecule has 1 atom stereocenters. The minimum Gasteiger partial charge on any atom is -0.449 e. The number of carbonyl (C=O) groups excluding carboxylic acids is 2. The number of likely N-dealkylation sites (N-methyl/N-ethyl adjacent to an activating group) is 1. The minimum absolute atomic E-state index is 0.00866. The van der Waals surface area contributed by atoms with Crippen molar-refractivity contribution in [1.29, 1.82) is 0 Å². The van der Waals surface area contributed by atoms with Crippen LogP contribution in [0.2, 0.25) is 0 Å². The van der Waals surface area contributed by atoms with E-state index in [-0.39, 0.29) is 18.4 Å². The van der Waals surface area contributed by atoms with Crippen LogP contribution in [0, 0.1) is 0 Å². The Hall–Kier alpha value is -2.86. The summed E-state index contributed by atoms with van der Waals surface area (Å²) >= 11 is 0. The molecule has 27 heavy (non-hydrogen) atoms. The Labute approximate surface area is 159 Å². The van der Waals surface area contributed by atoms with Gasteiger partial charge in [-0.2, -0.15) is 0 Å². The van der Waals surface area contributed by atoms with Gasteiger partial charge in [0.05, 0.1) is 0 Å². The maximum atomic E-state index is 12.3. The zero-order valence-electron chi connectivity index (χ0n) is 15.4. The second-order valence-corrected chi connectivity index (χ2v) is 6.57. The Morgan fingerprint density at radius 1 is 1.07 bits per heavy atom. The zero-order chi connectivity index (χ0) is 19.2. The topological polar surface area (TPSA) is 93.5 Å². The molecular weight excluding hydrogens is 342 g/mol. The molecule has 4 N–H and O–H groups in total. The fourth-order valence-corrected chi connectivity index (χ4v) is 3.55. The average Bonchev–Trinajstić information content (AvgIpc) is 3.03. The quantitative estimate of drug-likeness (QED) is 0.700. The summed E-state index contributed by atoms with van der Waals surface area (Å²) < 4.78 is 5.48. The number of nitrogens with one attached hydrogen (secondary N) is 2. The van der Waals surface area contributed by atoms with Crippen LogP contribution in [-0.4, -0.2) is 38.2 Å². The lowest BCUT2D eigenvalue weighted by atomic mass is 9.98. The largest absolute Gasteiger partial charge is 0.449 e. The lowest BCUT2D eigenvalue weighted by molar-refractivity contribution is -0.122. The number of amides is 2. The summed E-state index contributed by atoms with van der Waals surface area (Å²) in [6.07, 6.45) is 0.518. The van der Waals surface area contributed by atoms with E-state index in [0.29, 0.717) is 19.4 Å². The van der Waals surface area contributed by atoms with Gasteiger partial charge in [-0.05, 0) is 41.6 Å². The van der Waals surface area contributed by atoms with Crippen molar-refractivity contribution in [3.8, 4) is 11.1 Å². The van der Waals surface area contributed by atoms with Crippen LogP contribution in [0.5, 0.6) is 0 Å². The molecule has 2 aromatic carbocycles. The molecule has 1 aliphatic rings. The van der Waals surface area contributed by atoms with Crippen LogP contribution in [0.25, 0.3) is 11.1 Å². The summed E-state index contributed by atoms with van der Waals surface area (Å²) in [7, 11) is 1.54. The highest BCUT2D eigenvalue weighted by atomic mass is 16.5. The fourth-order valence-electron chi connectivity index (χ4n) is 3.55. The van der Waals surface area contributed by atoms with Crippen molar-refractivity contribution >= 4 is 12.0 Å². The fraction of sp³-hybridized carbons (Fsp3) is 0.333. The Morgan fingerprint density at radius 3 is 2.22 bits per heavy atom. The van der Waals surface area contributed by atoms with Crippen LogP contribution in [-0.2, 0) is 9.53 Å². The van der Waals surface area contributed by atoms with Gasteiger partial charge in [-0.15, -0.1) is 0 Å². The van der Waals surface area contributed by atoms with E-state index < -0.39 is 12.1 Å². The first-order valence-corrected chi connectivity index (χ1v) is 9.19. The first kappa shape index (κ1) is 18.9. The highest BCUT2D eigenvalue weighted by Gasteiger charge is 2.29. The van der Waals surface area contributed by atoms with Gasteiger partial charge in [0.15, 0.2) is 0 Å². The summed E-state index contributed by atoms with van der Waals surface area (Å²) in [6.45, 7) is 0.678. The Morgan fingerprint density at radius 2 is 1.67 bits per heavy atom. The van der Waals surface area contributed by atoms with E-state index >= 15 is 0 Å². The molecule has 0 heterocycles. The average molecular weight is 367 g/mol. The number of carbonyl (C=O) groups is 2. The van der Waals surface area contributed by atoms with E-state index in [4.69, 9.17) is 10.5 Å². The molecular formula is C21H25N3O3. The standard InChI is InChI=1S/C21H25N3O3/c1-23-20(25)19(11-6-12-22)24-21(26)27-13-18-16-9-4-2-7-14(16)15-8-3-5-10-17(15)18/h2-5,7-10,18-19H,6,11-13,22H2,1H3,(H,23,25)(H,24,26)/t19-/m1/s1. The summed E-state index contributed by atoms with van der Waals surface area (Å²) in [5, 5.41) is 5.20. The van der Waals surface area contributed by atoms with Gasteiger partial charge in [0.2, 0.25) is 5.91 Å². The molecule has 0 radical (unpaired) electrons. The number of fused-ring (bicyclic) bond motifs is 3. The van der Waals surface area contributed by atoms with Crippen molar-refractivity contribution in [2.75, 3.05) is 20.2 Å². The third-order valence-electron chi connectivity index (χ3n) is 4.90. The molecule has 0 bridgehead atoms. The van der Waals surface area contributed by atoms with Gasteiger partial charge in [0.1, 0.15) is 12.6 Å². The summed E-state index contributed by atoms with van der Waals surface area (Å²) in [4.78, 5) is 24.2. The molecule has 2 amide bonds. The van der Waals surface area contributed by atoms with Crippen molar-refractivity contribution in [3.05, 3.63) is 59.7 Å². The third kappa shape index (κ3) is 4.11. The van der Waals surface area contributed by atoms with Crippen LogP contribution in [0.15, 0.2) is 48.5 Å². The molecule has 0 aromatic heterocycles. The van der Waals surface area contributed by atoms with Crippen LogP contribution in [0.4, 0.5) is 4.79 Å². The van der Waals surface area contributed by atoms with Crippen molar-refractivity contribution in [1.82, 2.24) is 10.6 Å². The monoisotopic (exact) mass is 367 g/mol. The Bertz CT molecular complexity index is 776. The lowest BCUT2D eigenvalue weighted by Crippen LogP contribution is -2.46. The second kappa shape index (κ2) is 8.68. The van der Waals surface area contributed by atoms with Gasteiger partial charge in [-0.1, -0.05) is 48.5 Å². The first-order valence-electron chi connectivity index (χ1n) is 9.19. The van der Waals surface area contributed by atoms with Gasteiger partial charge in [0, 0.05) is 13.0 Å². The molecule has 0 aliphatic heterocycles. The van der Waals surface area contributed by atoms with E-state index in [9.17, 15) is 9.59 Å². The zero-order valence-corrected chi connectivity index (χ0v) is 15.4. The Balaban J connectivity index is 1.67. The Kier molecular flexibility index (Phi) is 6.08. The van der Waals surface area contributed by atoms with Crippen LogP contribution in [0.1, 0.15) is 29.9 Å². The molecule has 0 unspecified atom stereocenters. The number of ether oxygens (including phenoxy) is 1. The molecule has 2 aromatic rings. The van der Waals surface area contributed by atoms with Gasteiger partial charge >= 0.3 is 6.09 Å². The highest BCUT2D eigenvalue weighted by Crippen LogP contribution is 2.44. The lowest BCUT2D eigenvalue weighted by Gasteiger charge is -2.18. The van der Waals surface area contributed by atoms with Gasteiger partial charge in [-0.3, -0.25) is 4.79 Å². The molecule has 1 aliphatic carbocycles. The predicted molar refractivity (Wildman–Crippen MR) is 104 cm³/mol. The molecule has 0 saturated carbocycles. The number of hydrogen-bond donors (Lipinski definition) is 3. The van der Waals surface area contributed by atoms with E-state index in [1.165, 1.54) is 18.2 Å². The van der Waals surface area contributed by atoms with Crippen LogP contribution < -0.4 is 16.4 Å². The highest BCUT2D eigenvalue weighted by molar-refractivity contribution is 5.85. The first-order chi connectivity index (χ1) is 13.2. The van der Waals surface area contributed by atoms with Gasteiger partial charge in [-0.25, -0.2) is 4.79 Å². The van der Waals surface area contributed by atoms with Crippen molar-refractivity contribution in [2.45, 2.75) is 24.8 Å². The SMILES string of the molecule is CNC(=O)[C@@H](CCCN)NC(=O)OCC1c2ccccc2-c2ccccc21. The number of rotatable bonds is 7. The molecule has 0 fully saturated rings. The van der Waals surface area contributed by atoms with E-state index in [2.05, 4.69) is 34.9 Å². The second-order valence-electron chi connectivity index (χ2n) is 6.57. The third-order valence-corrected chi connectivity index (χ3v) is 4.90. The predicted octanol–water partition coefficient (Wildman–Crippen LogP) is 2.38. The molecule has 0 spiro atoms. The number of alkyl carbamates (subject to hydrolysis) is 1. The van der Waals surface area contributed by atoms with E-state index in [1.807, 2.05) is 24.3 Å². The maximum Gasteiger partial charge on any atom is 0.407 e. The number of benzene rings is 2. The summed E-state index contributed by atoms with van der Waals surface area (Å²) in [5.41, 5.74) is 10.2. The van der Waals surface area contributed by atoms with Crippen molar-refractivity contribution in [3.63, 3.8) is 0 Å². The van der Waals surface area contributed by atoms with Crippen molar-refractivity contribution < 1.29 is 14.3 Å². The van der Waals surface area contributed by atoms with Crippen molar-refractivity contribution in [2.24, 2.45) is 5.73 Å². The molecule has 0 saturated heterocycles. The molecule has 6 nitrogen and oxygen atoms in total. The van der Waals surface area contributed by atoms with E-state index in [0.717, 1.165) is 11.1 Å². The normalized spacial score (nSPS) is 13.4. The van der Waals surface area contributed by atoms with Crippen LogP contribution >= 0.6 is 0 Å². The van der Waals surface area contributed by atoms with Gasteiger partial charge < -0.3 is 21.1 Å². The molecule has 6 heteroatoms. The van der Waals surface area contributed by atoms with Gasteiger partial charge in [0.25, 0.3) is 0 Å². The maximum absolute atomic E-state index is 12.3. The molecule has 3 rings (SSSR count). The smallest absolute Gasteiger partial charge is 0.407 e. The minimum atomic E-state index is -0.644. The van der Waals surface area contributed by atoms with E-state index in [1.54, 1.807) is 0 Å². The number of hydrogen-bond acceptors (Lipinski definition) is 4. The molecule has 142 valence electrons. The number of nitrogens with two attached hydrogens (primary N) is 1.